The monoisotopic (exact) mass is 421 g/mol. The summed E-state index contributed by atoms with van der Waals surface area (Å²) in [5, 5.41) is 4.59. The predicted molar refractivity (Wildman–Crippen MR) is 118 cm³/mol. The van der Waals surface area contributed by atoms with Crippen LogP contribution in [0.25, 0.3) is 28.1 Å². The molecule has 0 saturated carbocycles. The van der Waals surface area contributed by atoms with Gasteiger partial charge < -0.3 is 0 Å². The first kappa shape index (κ1) is 19.8. The topological polar surface area (TPSA) is 64.0 Å². The average molecular weight is 421 g/mol. The number of aromatic nitrogens is 2. The highest BCUT2D eigenvalue weighted by Gasteiger charge is 2.11. The lowest BCUT2D eigenvalue weighted by molar-refractivity contribution is 0.607. The van der Waals surface area contributed by atoms with Crippen molar-refractivity contribution in [3.8, 4) is 28.1 Å². The lowest BCUT2D eigenvalue weighted by Gasteiger charge is -2.10. The Hall–Kier alpha value is -3.45. The van der Waals surface area contributed by atoms with Gasteiger partial charge in [-0.25, -0.2) is 17.5 Å². The van der Waals surface area contributed by atoms with Crippen LogP contribution in [-0.2, 0) is 10.0 Å². The Morgan fingerprint density at radius 3 is 1.93 bits per heavy atom. The Balaban J connectivity index is 1.65. The fourth-order valence-electron chi connectivity index (χ4n) is 3.26. The van der Waals surface area contributed by atoms with Gasteiger partial charge in [-0.2, -0.15) is 5.10 Å². The van der Waals surface area contributed by atoms with Crippen molar-refractivity contribution in [1.29, 1.82) is 0 Å². The van der Waals surface area contributed by atoms with Crippen LogP contribution in [0.5, 0.6) is 0 Å². The van der Waals surface area contributed by atoms with E-state index in [1.54, 1.807) is 24.3 Å². The molecule has 0 atom stereocenters. The lowest BCUT2D eigenvalue weighted by atomic mass is 10.0. The summed E-state index contributed by atoms with van der Waals surface area (Å²) >= 11 is 0. The minimum Gasteiger partial charge on any atom is -0.284 e. The maximum absolute atomic E-state index is 13.2. The van der Waals surface area contributed by atoms with Crippen molar-refractivity contribution in [2.45, 2.75) is 6.92 Å². The van der Waals surface area contributed by atoms with Crippen molar-refractivity contribution < 1.29 is 12.8 Å². The number of hydrogen-bond acceptors (Lipinski definition) is 3. The van der Waals surface area contributed by atoms with Crippen molar-refractivity contribution in [1.82, 2.24) is 9.78 Å². The number of hydrogen-bond donors (Lipinski definition) is 1. The van der Waals surface area contributed by atoms with Gasteiger partial charge in [0.1, 0.15) is 5.82 Å². The minimum absolute atomic E-state index is 0.257. The number of anilines is 1. The first-order chi connectivity index (χ1) is 14.3. The van der Waals surface area contributed by atoms with Gasteiger partial charge in [-0.3, -0.25) is 4.72 Å². The Morgan fingerprint density at radius 1 is 0.833 bits per heavy atom. The quantitative estimate of drug-likeness (QED) is 0.492. The fourth-order valence-corrected chi connectivity index (χ4v) is 3.83. The second kappa shape index (κ2) is 7.76. The summed E-state index contributed by atoms with van der Waals surface area (Å²) in [6, 6.07) is 23.4. The second-order valence-corrected chi connectivity index (χ2v) is 8.84. The molecule has 4 rings (SSSR count). The van der Waals surface area contributed by atoms with E-state index < -0.39 is 10.0 Å². The van der Waals surface area contributed by atoms with Gasteiger partial charge in [0.2, 0.25) is 10.0 Å². The Bertz CT molecular complexity index is 1280. The predicted octanol–water partition coefficient (Wildman–Crippen LogP) is 5.03. The molecule has 0 saturated heterocycles. The highest BCUT2D eigenvalue weighted by molar-refractivity contribution is 7.92. The Kier molecular flexibility index (Phi) is 5.13. The molecule has 0 aliphatic carbocycles. The van der Waals surface area contributed by atoms with E-state index in [1.807, 2.05) is 54.1 Å². The van der Waals surface area contributed by atoms with E-state index in [1.165, 1.54) is 12.1 Å². The van der Waals surface area contributed by atoms with Crippen LogP contribution in [0, 0.1) is 12.7 Å². The van der Waals surface area contributed by atoms with E-state index in [0.717, 1.165) is 40.0 Å². The Labute approximate surface area is 174 Å². The summed E-state index contributed by atoms with van der Waals surface area (Å²) in [5.74, 6) is -0.257. The van der Waals surface area contributed by atoms with Gasteiger partial charge in [-0.15, -0.1) is 0 Å². The van der Waals surface area contributed by atoms with Crippen LogP contribution in [0.3, 0.4) is 0 Å². The van der Waals surface area contributed by atoms with E-state index in [4.69, 9.17) is 0 Å². The lowest BCUT2D eigenvalue weighted by Crippen LogP contribution is -2.09. The molecule has 5 nitrogen and oxygen atoms in total. The van der Waals surface area contributed by atoms with Crippen LogP contribution >= 0.6 is 0 Å². The smallest absolute Gasteiger partial charge is 0.229 e. The summed E-state index contributed by atoms with van der Waals surface area (Å²) in [6.45, 7) is 1.92. The molecule has 0 amide bonds. The van der Waals surface area contributed by atoms with Gasteiger partial charge >= 0.3 is 0 Å². The molecule has 3 aromatic carbocycles. The third-order valence-electron chi connectivity index (χ3n) is 4.60. The third kappa shape index (κ3) is 4.41. The highest BCUT2D eigenvalue weighted by atomic mass is 32.2. The molecule has 0 spiro atoms. The zero-order chi connectivity index (χ0) is 21.3. The van der Waals surface area contributed by atoms with Gasteiger partial charge in [0.05, 0.1) is 23.3 Å². The first-order valence-electron chi connectivity index (χ1n) is 9.30. The molecule has 0 radical (unpaired) electrons. The minimum atomic E-state index is -3.32. The van der Waals surface area contributed by atoms with Gasteiger partial charge in [-0.05, 0) is 60.5 Å². The zero-order valence-electron chi connectivity index (χ0n) is 16.5. The fraction of sp³-hybridized carbons (Fsp3) is 0.0870. The number of aryl methyl sites for hydroxylation is 1. The normalized spacial score (nSPS) is 11.4. The average Bonchev–Trinajstić information content (AvgIpc) is 3.10. The van der Waals surface area contributed by atoms with Crippen LogP contribution in [0.4, 0.5) is 10.1 Å². The van der Waals surface area contributed by atoms with Crippen molar-refractivity contribution >= 4 is 15.7 Å². The van der Waals surface area contributed by atoms with E-state index in [0.29, 0.717) is 5.69 Å². The molecule has 4 aromatic rings. The second-order valence-electron chi connectivity index (χ2n) is 7.09. The number of nitrogens with one attached hydrogen (secondary N) is 1. The van der Waals surface area contributed by atoms with Crippen LogP contribution < -0.4 is 4.72 Å². The largest absolute Gasteiger partial charge is 0.284 e. The number of halogens is 1. The molecular formula is C23H20FN3O2S. The SMILES string of the molecule is Cc1cc(-c2ccc(-c3ccc(F)cc3)cc2)n(-c2ccc(NS(C)(=O)=O)cc2)n1. The Morgan fingerprint density at radius 2 is 1.37 bits per heavy atom. The molecule has 1 aromatic heterocycles. The van der Waals surface area contributed by atoms with E-state index in [2.05, 4.69) is 9.82 Å². The van der Waals surface area contributed by atoms with E-state index in [-0.39, 0.29) is 5.82 Å². The molecular weight excluding hydrogens is 401 g/mol. The van der Waals surface area contributed by atoms with Gasteiger partial charge in [0.25, 0.3) is 0 Å². The summed E-state index contributed by atoms with van der Waals surface area (Å²) in [6.07, 6.45) is 1.12. The maximum atomic E-state index is 13.2. The van der Waals surface area contributed by atoms with Gasteiger partial charge in [0, 0.05) is 11.3 Å². The number of nitrogens with zero attached hydrogens (tertiary/aromatic N) is 2. The van der Waals surface area contributed by atoms with Crippen molar-refractivity contribution in [3.05, 3.63) is 90.4 Å². The summed E-state index contributed by atoms with van der Waals surface area (Å²) in [7, 11) is -3.32. The molecule has 1 heterocycles. The molecule has 0 unspecified atom stereocenters. The first-order valence-corrected chi connectivity index (χ1v) is 11.2. The number of sulfonamides is 1. The number of benzene rings is 3. The van der Waals surface area contributed by atoms with Gasteiger partial charge in [-0.1, -0.05) is 36.4 Å². The van der Waals surface area contributed by atoms with Gasteiger partial charge in [0.15, 0.2) is 0 Å². The number of rotatable bonds is 5. The van der Waals surface area contributed by atoms with Crippen LogP contribution in [0.1, 0.15) is 5.69 Å². The molecule has 0 fully saturated rings. The third-order valence-corrected chi connectivity index (χ3v) is 5.21. The van der Waals surface area contributed by atoms with Crippen LogP contribution in [0.15, 0.2) is 78.9 Å². The van der Waals surface area contributed by atoms with E-state index in [9.17, 15) is 12.8 Å². The summed E-state index contributed by atoms with van der Waals surface area (Å²) in [4.78, 5) is 0. The van der Waals surface area contributed by atoms with Crippen molar-refractivity contribution in [2.75, 3.05) is 11.0 Å². The molecule has 152 valence electrons. The standard InChI is InChI=1S/C23H20FN3O2S/c1-16-15-23(19-5-3-17(4-6-19)18-7-9-20(24)10-8-18)27(25-16)22-13-11-21(12-14-22)26-30(2,28)29/h3-15,26H,1-2H3. The summed E-state index contributed by atoms with van der Waals surface area (Å²) in [5.41, 5.74) is 6.03. The van der Waals surface area contributed by atoms with Crippen LogP contribution in [-0.4, -0.2) is 24.5 Å². The summed E-state index contributed by atoms with van der Waals surface area (Å²) < 4.78 is 40.2. The van der Waals surface area contributed by atoms with Crippen molar-refractivity contribution in [3.63, 3.8) is 0 Å². The van der Waals surface area contributed by atoms with E-state index >= 15 is 0 Å². The molecule has 7 heteroatoms. The molecule has 0 aliphatic heterocycles. The molecule has 0 bridgehead atoms. The van der Waals surface area contributed by atoms with Crippen LogP contribution in [0.2, 0.25) is 0 Å². The molecule has 0 aliphatic rings. The highest BCUT2D eigenvalue weighted by Crippen LogP contribution is 2.28. The maximum Gasteiger partial charge on any atom is 0.229 e. The molecule has 1 N–H and O–H groups in total. The zero-order valence-corrected chi connectivity index (χ0v) is 17.3. The molecule has 30 heavy (non-hydrogen) atoms. The van der Waals surface area contributed by atoms with Crippen molar-refractivity contribution in [2.24, 2.45) is 0 Å².